The fraction of sp³-hybridized carbons (Fsp3) is 1.00. The number of epoxide rings is 1. The van der Waals surface area contributed by atoms with Gasteiger partial charge in [-0.1, -0.05) is 11.6 Å². The number of alkyl halides is 1. The molecule has 2 atom stereocenters. The summed E-state index contributed by atoms with van der Waals surface area (Å²) in [6.07, 6.45) is 0.316. The number of aliphatic hydroxyl groups is 1. The van der Waals surface area contributed by atoms with Crippen LogP contribution in [0.5, 0.6) is 0 Å². The van der Waals surface area contributed by atoms with Gasteiger partial charge >= 0.3 is 0 Å². The molecule has 0 aromatic heterocycles. The fourth-order valence-corrected chi connectivity index (χ4v) is 0.322. The minimum Gasteiger partial charge on any atom is -0.397 e. The average molecular weight is 139 g/mol. The normalized spacial score (nSPS) is 33.0. The van der Waals surface area contributed by atoms with E-state index in [4.69, 9.17) is 16.7 Å². The van der Waals surface area contributed by atoms with E-state index in [9.17, 15) is 0 Å². The predicted molar refractivity (Wildman–Crippen MR) is 32.9 cm³/mol. The monoisotopic (exact) mass is 138 g/mol. The van der Waals surface area contributed by atoms with Crippen LogP contribution in [0.25, 0.3) is 0 Å². The van der Waals surface area contributed by atoms with Crippen molar-refractivity contribution in [3.8, 4) is 0 Å². The molecule has 0 aromatic rings. The largest absolute Gasteiger partial charge is 0.397 e. The van der Waals surface area contributed by atoms with E-state index in [0.717, 1.165) is 0 Å². The van der Waals surface area contributed by atoms with Crippen molar-refractivity contribution in [2.24, 2.45) is 0 Å². The highest BCUT2D eigenvalue weighted by Gasteiger charge is 2.30. The zero-order chi connectivity index (χ0) is 6.57. The Kier molecular flexibility index (Phi) is 4.23. The molecule has 0 saturated carbocycles. The van der Waals surface area contributed by atoms with Crippen LogP contribution in [0.1, 0.15) is 13.8 Å². The van der Waals surface area contributed by atoms with Crippen LogP contribution in [0.15, 0.2) is 0 Å². The molecule has 3 heteroatoms. The number of ether oxygens (including phenoxy) is 1. The van der Waals surface area contributed by atoms with E-state index in [1.165, 1.54) is 0 Å². The van der Waals surface area contributed by atoms with Crippen molar-refractivity contribution in [3.63, 3.8) is 0 Å². The van der Waals surface area contributed by atoms with Gasteiger partial charge < -0.3 is 9.84 Å². The summed E-state index contributed by atoms with van der Waals surface area (Å²) in [6.45, 7) is 3.87. The quantitative estimate of drug-likeness (QED) is 0.400. The Morgan fingerprint density at radius 2 is 1.88 bits per heavy atom. The van der Waals surface area contributed by atoms with Crippen molar-refractivity contribution in [2.45, 2.75) is 25.5 Å². The highest BCUT2D eigenvalue weighted by atomic mass is 35.5. The highest BCUT2D eigenvalue weighted by molar-refractivity contribution is 6.21. The van der Waals surface area contributed by atoms with Gasteiger partial charge in [-0.25, -0.2) is 0 Å². The van der Waals surface area contributed by atoms with Crippen molar-refractivity contribution in [3.05, 3.63) is 0 Å². The van der Waals surface area contributed by atoms with Crippen LogP contribution in [-0.2, 0) is 4.74 Å². The molecular formula is C5H11ClO2. The number of hydrogen-bond donors (Lipinski definition) is 1. The van der Waals surface area contributed by atoms with Crippen molar-refractivity contribution in [1.29, 1.82) is 0 Å². The Morgan fingerprint density at radius 3 is 1.88 bits per heavy atom. The molecule has 8 heavy (non-hydrogen) atoms. The summed E-state index contributed by atoms with van der Waals surface area (Å²) >= 11 is 5.31. The first-order valence-corrected chi connectivity index (χ1v) is 3.06. The Morgan fingerprint density at radius 1 is 1.75 bits per heavy atom. The predicted octanol–water partition coefficient (Wildman–Crippen LogP) is 0.969. The van der Waals surface area contributed by atoms with Gasteiger partial charge in [-0.05, 0) is 13.8 Å². The molecule has 50 valence electrons. The molecule has 2 unspecified atom stereocenters. The Bertz CT molecular complexity index is 52.4. The van der Waals surface area contributed by atoms with Crippen LogP contribution in [0.3, 0.4) is 0 Å². The third-order valence-electron chi connectivity index (χ3n) is 0.637. The van der Waals surface area contributed by atoms with Gasteiger partial charge in [-0.3, -0.25) is 0 Å². The number of rotatable bonds is 0. The van der Waals surface area contributed by atoms with Crippen molar-refractivity contribution in [1.82, 2.24) is 0 Å². The standard InChI is InChI=1S/C3H5ClO.C2H6O/c1-2-3(4)5-2;1-2-3/h2-3H,1H3;3H,2H2,1H3. The molecule has 1 rings (SSSR count). The summed E-state index contributed by atoms with van der Waals surface area (Å²) in [6, 6.07) is 0. The van der Waals surface area contributed by atoms with Crippen LogP contribution in [0.2, 0.25) is 0 Å². The lowest BCUT2D eigenvalue weighted by atomic mass is 10.6. The SMILES string of the molecule is CC1OC1Cl.CCO. The second-order valence-corrected chi connectivity index (χ2v) is 1.94. The van der Waals surface area contributed by atoms with Crippen LogP contribution < -0.4 is 0 Å². The maximum atomic E-state index is 7.57. The highest BCUT2D eigenvalue weighted by Crippen LogP contribution is 2.23. The summed E-state index contributed by atoms with van der Waals surface area (Å²) in [4.78, 5) is 0. The molecule has 0 radical (unpaired) electrons. The third-order valence-corrected chi connectivity index (χ3v) is 1.09. The molecule has 1 aliphatic heterocycles. The van der Waals surface area contributed by atoms with Crippen molar-refractivity contribution in [2.75, 3.05) is 6.61 Å². The molecule has 0 spiro atoms. The first kappa shape index (κ1) is 8.21. The minimum absolute atomic E-state index is 0.0231. The molecule has 1 heterocycles. The summed E-state index contributed by atoms with van der Waals surface area (Å²) < 4.78 is 4.68. The molecule has 0 aromatic carbocycles. The molecule has 0 bridgehead atoms. The van der Waals surface area contributed by atoms with Crippen LogP contribution in [0, 0.1) is 0 Å². The average Bonchev–Trinajstić information content (AvgIpc) is 2.22. The van der Waals surface area contributed by atoms with Gasteiger partial charge in [0.2, 0.25) is 0 Å². The summed E-state index contributed by atoms with van der Waals surface area (Å²) in [5, 5.41) is 7.57. The molecule has 0 aliphatic carbocycles. The molecule has 1 aliphatic rings. The van der Waals surface area contributed by atoms with E-state index in [2.05, 4.69) is 4.74 Å². The van der Waals surface area contributed by atoms with Crippen molar-refractivity contribution < 1.29 is 9.84 Å². The topological polar surface area (TPSA) is 32.8 Å². The van der Waals surface area contributed by atoms with E-state index in [1.807, 2.05) is 6.92 Å². The van der Waals surface area contributed by atoms with Gasteiger partial charge in [0.05, 0.1) is 6.10 Å². The Hall–Kier alpha value is 0.210. The second-order valence-electron chi connectivity index (χ2n) is 1.51. The van der Waals surface area contributed by atoms with Gasteiger partial charge in [0, 0.05) is 6.61 Å². The number of halogens is 1. The van der Waals surface area contributed by atoms with Gasteiger partial charge in [-0.15, -0.1) is 0 Å². The molecule has 2 nitrogen and oxygen atoms in total. The molecule has 1 fully saturated rings. The van der Waals surface area contributed by atoms with Gasteiger partial charge in [-0.2, -0.15) is 0 Å². The van der Waals surface area contributed by atoms with E-state index < -0.39 is 0 Å². The van der Waals surface area contributed by atoms with E-state index in [0.29, 0.717) is 6.10 Å². The van der Waals surface area contributed by atoms with Crippen LogP contribution in [0.4, 0.5) is 0 Å². The fourth-order valence-electron chi connectivity index (χ4n) is 0.160. The van der Waals surface area contributed by atoms with Crippen LogP contribution >= 0.6 is 11.6 Å². The zero-order valence-corrected chi connectivity index (χ0v) is 5.85. The smallest absolute Gasteiger partial charge is 0.157 e. The lowest BCUT2D eigenvalue weighted by Gasteiger charge is -1.55. The maximum Gasteiger partial charge on any atom is 0.157 e. The molecule has 1 saturated heterocycles. The minimum atomic E-state index is 0.0231. The molecule has 0 amide bonds. The second kappa shape index (κ2) is 4.13. The molecular weight excluding hydrogens is 128 g/mol. The van der Waals surface area contributed by atoms with Crippen molar-refractivity contribution >= 4 is 11.6 Å². The first-order chi connectivity index (χ1) is 3.72. The summed E-state index contributed by atoms with van der Waals surface area (Å²) in [5.74, 6) is 0. The number of aliphatic hydroxyl groups excluding tert-OH is 1. The van der Waals surface area contributed by atoms with Crippen LogP contribution in [-0.4, -0.2) is 23.4 Å². The Balaban J connectivity index is 0.000000145. The lowest BCUT2D eigenvalue weighted by Crippen LogP contribution is -1.69. The zero-order valence-electron chi connectivity index (χ0n) is 5.10. The maximum absolute atomic E-state index is 7.57. The van der Waals surface area contributed by atoms with E-state index in [1.54, 1.807) is 6.92 Å². The van der Waals surface area contributed by atoms with E-state index in [-0.39, 0.29) is 12.2 Å². The van der Waals surface area contributed by atoms with Gasteiger partial charge in [0.1, 0.15) is 0 Å². The molecule has 1 N–H and O–H groups in total. The number of hydrogen-bond acceptors (Lipinski definition) is 2. The van der Waals surface area contributed by atoms with Gasteiger partial charge in [0.15, 0.2) is 5.56 Å². The Labute approximate surface area is 54.4 Å². The third kappa shape index (κ3) is 4.37. The lowest BCUT2D eigenvalue weighted by molar-refractivity contribution is 0.318. The first-order valence-electron chi connectivity index (χ1n) is 2.62. The van der Waals surface area contributed by atoms with E-state index >= 15 is 0 Å². The summed E-state index contributed by atoms with van der Waals surface area (Å²) in [7, 11) is 0. The summed E-state index contributed by atoms with van der Waals surface area (Å²) in [5.41, 5.74) is 0.0231. The van der Waals surface area contributed by atoms with Gasteiger partial charge in [0.25, 0.3) is 0 Å².